The van der Waals surface area contributed by atoms with Crippen LogP contribution < -0.4 is 9.62 Å². The maximum Gasteiger partial charge on any atom is 0.274 e. The third-order valence-corrected chi connectivity index (χ3v) is 7.36. The molecule has 3 aromatic carbocycles. The number of carbonyl (C=O) groups excluding carboxylic acids is 1. The molecule has 0 radical (unpaired) electrons. The van der Waals surface area contributed by atoms with Gasteiger partial charge in [0.1, 0.15) is 6.54 Å². The molecular formula is C23H22ClN3O5S. The van der Waals surface area contributed by atoms with Gasteiger partial charge < -0.3 is 5.32 Å². The minimum atomic E-state index is -4.12. The summed E-state index contributed by atoms with van der Waals surface area (Å²) in [6, 6.07) is 15.4. The Morgan fingerprint density at radius 1 is 1.00 bits per heavy atom. The molecule has 1 N–H and O–H groups in total. The summed E-state index contributed by atoms with van der Waals surface area (Å²) in [7, 11) is -4.12. The molecule has 0 atom stereocenters. The Bertz CT molecular complexity index is 1320. The number of halogens is 1. The van der Waals surface area contributed by atoms with Crippen LogP contribution in [0.5, 0.6) is 0 Å². The zero-order valence-corrected chi connectivity index (χ0v) is 19.8. The number of rotatable bonds is 7. The number of nitro benzene ring substituents is 1. The monoisotopic (exact) mass is 487 g/mol. The van der Waals surface area contributed by atoms with Crippen molar-refractivity contribution in [1.82, 2.24) is 0 Å². The van der Waals surface area contributed by atoms with E-state index in [2.05, 4.69) is 5.32 Å². The molecule has 10 heteroatoms. The van der Waals surface area contributed by atoms with Gasteiger partial charge in [-0.25, -0.2) is 8.42 Å². The molecule has 0 aliphatic rings. The van der Waals surface area contributed by atoms with E-state index in [1.807, 2.05) is 6.92 Å². The fraction of sp³-hybridized carbons (Fsp3) is 0.174. The Morgan fingerprint density at radius 3 is 2.27 bits per heavy atom. The average Bonchev–Trinajstić information content (AvgIpc) is 2.76. The lowest BCUT2D eigenvalue weighted by Crippen LogP contribution is -2.38. The maximum atomic E-state index is 13.5. The van der Waals surface area contributed by atoms with Crippen LogP contribution in [0, 0.1) is 30.9 Å². The Kier molecular flexibility index (Phi) is 7.04. The first-order chi connectivity index (χ1) is 15.5. The van der Waals surface area contributed by atoms with Crippen LogP contribution in [0.4, 0.5) is 17.1 Å². The fourth-order valence-electron chi connectivity index (χ4n) is 3.28. The SMILES string of the molecule is Cc1ccc(S(=O)(=O)N(CC(=O)Nc2cccc([N+](=O)[O-])c2C)c2cccc(Cl)c2C)cc1. The first kappa shape index (κ1) is 24.2. The second-order valence-corrected chi connectivity index (χ2v) is 9.73. The van der Waals surface area contributed by atoms with Gasteiger partial charge in [-0.2, -0.15) is 0 Å². The van der Waals surface area contributed by atoms with Gasteiger partial charge in [-0.3, -0.25) is 19.2 Å². The van der Waals surface area contributed by atoms with Crippen LogP contribution in [-0.4, -0.2) is 25.8 Å². The van der Waals surface area contributed by atoms with Gasteiger partial charge in [0.2, 0.25) is 5.91 Å². The number of anilines is 2. The Morgan fingerprint density at radius 2 is 1.64 bits per heavy atom. The first-order valence-corrected chi connectivity index (χ1v) is 11.7. The minimum absolute atomic E-state index is 0.0202. The molecule has 172 valence electrons. The lowest BCUT2D eigenvalue weighted by molar-refractivity contribution is -0.385. The van der Waals surface area contributed by atoms with Crippen LogP contribution in [0.15, 0.2) is 65.6 Å². The van der Waals surface area contributed by atoms with Crippen LogP contribution in [0.25, 0.3) is 0 Å². The summed E-state index contributed by atoms with van der Waals surface area (Å²) in [4.78, 5) is 23.6. The smallest absolute Gasteiger partial charge is 0.274 e. The molecule has 8 nitrogen and oxygen atoms in total. The quantitative estimate of drug-likeness (QED) is 0.372. The molecule has 3 rings (SSSR count). The molecule has 0 fully saturated rings. The van der Waals surface area contributed by atoms with Gasteiger partial charge >= 0.3 is 0 Å². The highest BCUT2D eigenvalue weighted by Crippen LogP contribution is 2.31. The molecule has 0 aliphatic heterocycles. The Hall–Kier alpha value is -3.43. The molecule has 3 aromatic rings. The number of hydrogen-bond acceptors (Lipinski definition) is 5. The number of sulfonamides is 1. The summed E-state index contributed by atoms with van der Waals surface area (Å²) >= 11 is 6.22. The number of hydrogen-bond donors (Lipinski definition) is 1. The molecule has 0 spiro atoms. The van der Waals surface area contributed by atoms with E-state index in [9.17, 15) is 23.3 Å². The number of nitrogens with zero attached hydrogens (tertiary/aromatic N) is 2. The fourth-order valence-corrected chi connectivity index (χ4v) is 4.93. The minimum Gasteiger partial charge on any atom is -0.324 e. The Balaban J connectivity index is 2.01. The van der Waals surface area contributed by atoms with E-state index >= 15 is 0 Å². The van der Waals surface area contributed by atoms with E-state index in [-0.39, 0.29) is 27.5 Å². The zero-order chi connectivity index (χ0) is 24.3. The molecule has 33 heavy (non-hydrogen) atoms. The molecule has 0 saturated heterocycles. The van der Waals surface area contributed by atoms with E-state index in [1.165, 1.54) is 37.3 Å². The first-order valence-electron chi connectivity index (χ1n) is 9.90. The second kappa shape index (κ2) is 9.60. The van der Waals surface area contributed by atoms with E-state index in [1.54, 1.807) is 37.3 Å². The number of amides is 1. The van der Waals surface area contributed by atoms with Gasteiger partial charge in [0, 0.05) is 11.1 Å². The lowest BCUT2D eigenvalue weighted by atomic mass is 10.1. The highest BCUT2D eigenvalue weighted by atomic mass is 35.5. The van der Waals surface area contributed by atoms with Crippen molar-refractivity contribution in [1.29, 1.82) is 0 Å². The summed E-state index contributed by atoms with van der Waals surface area (Å²) in [5.41, 5.74) is 1.98. The highest BCUT2D eigenvalue weighted by molar-refractivity contribution is 7.92. The van der Waals surface area contributed by atoms with Gasteiger partial charge in [-0.05, 0) is 56.7 Å². The van der Waals surface area contributed by atoms with Gasteiger partial charge in [0.15, 0.2) is 0 Å². The van der Waals surface area contributed by atoms with Crippen molar-refractivity contribution in [2.45, 2.75) is 25.7 Å². The van der Waals surface area contributed by atoms with Crippen molar-refractivity contribution in [3.8, 4) is 0 Å². The number of nitrogens with one attached hydrogen (secondary N) is 1. The van der Waals surface area contributed by atoms with Crippen molar-refractivity contribution >= 4 is 44.6 Å². The van der Waals surface area contributed by atoms with E-state index in [0.717, 1.165) is 9.87 Å². The van der Waals surface area contributed by atoms with Crippen molar-refractivity contribution in [3.63, 3.8) is 0 Å². The van der Waals surface area contributed by atoms with E-state index in [0.29, 0.717) is 10.6 Å². The molecule has 0 unspecified atom stereocenters. The van der Waals surface area contributed by atoms with Gasteiger partial charge in [-0.15, -0.1) is 0 Å². The van der Waals surface area contributed by atoms with Crippen molar-refractivity contribution < 1.29 is 18.1 Å². The summed E-state index contributed by atoms with van der Waals surface area (Å²) in [5, 5.41) is 14.1. The normalized spacial score (nSPS) is 11.2. The van der Waals surface area contributed by atoms with Crippen LogP contribution in [0.2, 0.25) is 5.02 Å². The number of benzene rings is 3. The molecule has 0 aromatic heterocycles. The summed E-state index contributed by atoms with van der Waals surface area (Å²) < 4.78 is 28.0. The molecule has 0 aliphatic carbocycles. The van der Waals surface area contributed by atoms with Crippen molar-refractivity contribution in [2.24, 2.45) is 0 Å². The third kappa shape index (κ3) is 5.15. The van der Waals surface area contributed by atoms with Crippen LogP contribution >= 0.6 is 11.6 Å². The standard InChI is InChI=1S/C23H22ClN3O5S/c1-15-10-12-18(13-11-15)33(31,32)26(21-8-4-6-19(24)16(21)2)14-23(28)25-20-7-5-9-22(17(20)3)27(29)30/h4-13H,14H2,1-3H3,(H,25,28). The number of carbonyl (C=O) groups is 1. The third-order valence-electron chi connectivity index (χ3n) is 5.18. The second-order valence-electron chi connectivity index (χ2n) is 7.46. The maximum absolute atomic E-state index is 13.5. The lowest BCUT2D eigenvalue weighted by Gasteiger charge is -2.26. The average molecular weight is 488 g/mol. The topological polar surface area (TPSA) is 110 Å². The summed E-state index contributed by atoms with van der Waals surface area (Å²) in [5.74, 6) is -0.659. The predicted molar refractivity (Wildman–Crippen MR) is 128 cm³/mol. The Labute approximate surface area is 197 Å². The summed E-state index contributed by atoms with van der Waals surface area (Å²) in [6.07, 6.45) is 0. The zero-order valence-electron chi connectivity index (χ0n) is 18.2. The van der Waals surface area contributed by atoms with Crippen molar-refractivity contribution in [2.75, 3.05) is 16.2 Å². The highest BCUT2D eigenvalue weighted by Gasteiger charge is 2.29. The number of aryl methyl sites for hydroxylation is 1. The van der Waals surface area contributed by atoms with Crippen molar-refractivity contribution in [3.05, 3.63) is 92.5 Å². The molecular weight excluding hydrogens is 466 g/mol. The van der Waals surface area contributed by atoms with Crippen LogP contribution in [0.1, 0.15) is 16.7 Å². The van der Waals surface area contributed by atoms with Gasteiger partial charge in [-0.1, -0.05) is 41.4 Å². The molecule has 1 amide bonds. The van der Waals surface area contributed by atoms with Crippen LogP contribution in [0.3, 0.4) is 0 Å². The van der Waals surface area contributed by atoms with E-state index in [4.69, 9.17) is 11.6 Å². The summed E-state index contributed by atoms with van der Waals surface area (Å²) in [6.45, 7) is 4.46. The molecule has 0 bridgehead atoms. The van der Waals surface area contributed by atoms with E-state index < -0.39 is 27.4 Å². The molecule has 0 saturated carbocycles. The van der Waals surface area contributed by atoms with Crippen LogP contribution in [-0.2, 0) is 14.8 Å². The van der Waals surface area contributed by atoms with Gasteiger partial charge in [0.05, 0.1) is 26.8 Å². The predicted octanol–water partition coefficient (Wildman–Crippen LogP) is 5.01. The van der Waals surface area contributed by atoms with Gasteiger partial charge in [0.25, 0.3) is 15.7 Å². The number of nitro groups is 1. The molecule has 0 heterocycles. The largest absolute Gasteiger partial charge is 0.324 e.